The molecular weight excluding hydrogens is 358 g/mol. The van der Waals surface area contributed by atoms with Crippen molar-refractivity contribution in [3.63, 3.8) is 0 Å². The second kappa shape index (κ2) is 8.65. The summed E-state index contributed by atoms with van der Waals surface area (Å²) in [5.41, 5.74) is -0.442. The average Bonchev–Trinajstić information content (AvgIpc) is 2.59. The summed E-state index contributed by atoms with van der Waals surface area (Å²) in [6, 6.07) is 2.46. The highest BCUT2D eigenvalue weighted by atomic mass is 16.5. The summed E-state index contributed by atoms with van der Waals surface area (Å²) < 4.78 is 10.2. The number of methoxy groups -OCH3 is 1. The number of phenols is 1. The van der Waals surface area contributed by atoms with Crippen LogP contribution in [0.1, 0.15) is 30.1 Å². The van der Waals surface area contributed by atoms with Gasteiger partial charge in [-0.2, -0.15) is 0 Å². The van der Waals surface area contributed by atoms with E-state index in [1.165, 1.54) is 25.3 Å². The lowest BCUT2D eigenvalue weighted by Gasteiger charge is -2.19. The number of nitrogens with one attached hydrogen (secondary N) is 1. The summed E-state index contributed by atoms with van der Waals surface area (Å²) in [4.78, 5) is 36.4. The maximum Gasteiger partial charge on any atom is 0.344 e. The second-order valence-electron chi connectivity index (χ2n) is 6.08. The minimum atomic E-state index is -1.73. The molecule has 0 saturated carbocycles. The molecule has 0 spiro atoms. The van der Waals surface area contributed by atoms with Gasteiger partial charge in [-0.25, -0.2) is 4.79 Å². The van der Waals surface area contributed by atoms with Crippen LogP contribution in [0.25, 0.3) is 0 Å². The molecule has 146 valence electrons. The number of hydrogen-bond donors (Lipinski definition) is 4. The first-order chi connectivity index (χ1) is 12.7. The van der Waals surface area contributed by atoms with Gasteiger partial charge >= 0.3 is 5.97 Å². The lowest BCUT2D eigenvalue weighted by atomic mass is 10.1. The van der Waals surface area contributed by atoms with Gasteiger partial charge in [0.15, 0.2) is 5.78 Å². The Morgan fingerprint density at radius 2 is 1.89 bits per heavy atom. The minimum Gasteiger partial charge on any atom is -0.507 e. The van der Waals surface area contributed by atoms with Gasteiger partial charge in [0.1, 0.15) is 35.4 Å². The summed E-state index contributed by atoms with van der Waals surface area (Å²) in [6.45, 7) is 1.58. The molecule has 3 atom stereocenters. The minimum absolute atomic E-state index is 0.137. The van der Waals surface area contributed by atoms with E-state index in [1.54, 1.807) is 6.92 Å². The Balaban J connectivity index is 2.46. The van der Waals surface area contributed by atoms with Crippen molar-refractivity contribution in [1.82, 2.24) is 0 Å². The Kier molecular flexibility index (Phi) is 6.54. The number of aromatic hydroxyl groups is 1. The number of fused-ring (bicyclic) bond motifs is 1. The molecule has 1 aliphatic heterocycles. The summed E-state index contributed by atoms with van der Waals surface area (Å²) in [5, 5.41) is 32.2. The third-order valence-corrected chi connectivity index (χ3v) is 3.92. The molecule has 1 aromatic rings. The van der Waals surface area contributed by atoms with Crippen LogP contribution in [0.15, 0.2) is 24.3 Å². The largest absolute Gasteiger partial charge is 0.507 e. The van der Waals surface area contributed by atoms with E-state index < -0.39 is 48.1 Å². The fourth-order valence-corrected chi connectivity index (χ4v) is 2.46. The molecule has 0 fully saturated rings. The molecular formula is C18H21NO8. The average molecular weight is 379 g/mol. The lowest BCUT2D eigenvalue weighted by Crippen LogP contribution is -2.34. The van der Waals surface area contributed by atoms with Crippen LogP contribution in [0.3, 0.4) is 0 Å². The zero-order chi connectivity index (χ0) is 20.1. The maximum absolute atomic E-state index is 12.4. The topological polar surface area (TPSA) is 142 Å². The molecule has 0 bridgehead atoms. The molecule has 27 heavy (non-hydrogen) atoms. The molecule has 0 aromatic heterocycles. The first-order valence-corrected chi connectivity index (χ1v) is 8.22. The monoisotopic (exact) mass is 379 g/mol. The number of benzene rings is 1. The molecule has 4 N–H and O–H groups in total. The molecule has 0 unspecified atom stereocenters. The van der Waals surface area contributed by atoms with Crippen molar-refractivity contribution in [2.45, 2.75) is 38.1 Å². The molecule has 1 heterocycles. The Labute approximate surface area is 155 Å². The molecule has 9 nitrogen and oxygen atoms in total. The van der Waals surface area contributed by atoms with Crippen LogP contribution in [-0.2, 0) is 14.3 Å². The number of amides is 1. The quantitative estimate of drug-likeness (QED) is 0.518. The normalized spacial score (nSPS) is 25.6. The summed E-state index contributed by atoms with van der Waals surface area (Å²) in [6.07, 6.45) is -1.77. The van der Waals surface area contributed by atoms with Crippen LogP contribution in [0.5, 0.6) is 11.5 Å². The number of rotatable bonds is 1. The number of cyclic esters (lactones) is 1. The Morgan fingerprint density at radius 3 is 2.56 bits per heavy atom. The number of esters is 1. The van der Waals surface area contributed by atoms with E-state index in [2.05, 4.69) is 5.32 Å². The van der Waals surface area contributed by atoms with Gasteiger partial charge in [0.25, 0.3) is 5.91 Å². The van der Waals surface area contributed by atoms with Gasteiger partial charge in [0.05, 0.1) is 12.8 Å². The maximum atomic E-state index is 12.4. The SMILES string of the molecule is COc1cc(O)c2c(c1)NC(=O)[C@@H](O)C[C@H](O)C(=O)/C=C/C[C@H](C)OC2=O. The van der Waals surface area contributed by atoms with Crippen LogP contribution in [-0.4, -0.2) is 58.4 Å². The van der Waals surface area contributed by atoms with Gasteiger partial charge in [-0.3, -0.25) is 9.59 Å². The number of aliphatic hydroxyl groups excluding tert-OH is 2. The van der Waals surface area contributed by atoms with Gasteiger partial charge in [-0.15, -0.1) is 0 Å². The predicted molar refractivity (Wildman–Crippen MR) is 93.6 cm³/mol. The Bertz CT molecular complexity index is 773. The zero-order valence-corrected chi connectivity index (χ0v) is 14.8. The zero-order valence-electron chi connectivity index (χ0n) is 14.8. The van der Waals surface area contributed by atoms with Gasteiger partial charge in [0, 0.05) is 25.0 Å². The highest BCUT2D eigenvalue weighted by Crippen LogP contribution is 2.33. The van der Waals surface area contributed by atoms with Gasteiger partial charge in [-0.1, -0.05) is 6.08 Å². The van der Waals surface area contributed by atoms with Gasteiger partial charge in [-0.05, 0) is 13.0 Å². The number of phenolic OH excluding ortho intramolecular Hbond substituents is 1. The van der Waals surface area contributed by atoms with Crippen molar-refractivity contribution >= 4 is 23.3 Å². The first-order valence-electron chi connectivity index (χ1n) is 8.22. The highest BCUT2D eigenvalue weighted by Gasteiger charge is 2.27. The number of hydrogen-bond acceptors (Lipinski definition) is 8. The second-order valence-corrected chi connectivity index (χ2v) is 6.08. The third-order valence-electron chi connectivity index (χ3n) is 3.92. The fraction of sp³-hybridized carbons (Fsp3) is 0.389. The van der Waals surface area contributed by atoms with Gasteiger partial charge < -0.3 is 30.1 Å². The van der Waals surface area contributed by atoms with Crippen molar-refractivity contribution in [2.24, 2.45) is 0 Å². The third kappa shape index (κ3) is 5.05. The first kappa shape index (κ1) is 20.4. The van der Waals surface area contributed by atoms with Crippen molar-refractivity contribution in [1.29, 1.82) is 0 Å². The predicted octanol–water partition coefficient (Wildman–Crippen LogP) is 0.525. The summed E-state index contributed by atoms with van der Waals surface area (Å²) in [7, 11) is 1.33. The Morgan fingerprint density at radius 1 is 1.19 bits per heavy atom. The molecule has 2 rings (SSSR count). The molecule has 1 aromatic carbocycles. The van der Waals surface area contributed by atoms with Crippen LogP contribution in [0.2, 0.25) is 0 Å². The van der Waals surface area contributed by atoms with Crippen molar-refractivity contribution < 1.29 is 39.2 Å². The Hall–Kier alpha value is -2.91. The smallest absolute Gasteiger partial charge is 0.344 e. The summed E-state index contributed by atoms with van der Waals surface area (Å²) >= 11 is 0. The van der Waals surface area contributed by atoms with E-state index in [0.717, 1.165) is 6.08 Å². The van der Waals surface area contributed by atoms with Crippen LogP contribution < -0.4 is 10.1 Å². The summed E-state index contributed by atoms with van der Waals surface area (Å²) in [5.74, 6) is -2.88. The van der Waals surface area contributed by atoms with Crippen molar-refractivity contribution in [3.8, 4) is 11.5 Å². The van der Waals surface area contributed by atoms with E-state index in [0.29, 0.717) is 0 Å². The van der Waals surface area contributed by atoms with Crippen LogP contribution in [0, 0.1) is 0 Å². The van der Waals surface area contributed by atoms with Crippen molar-refractivity contribution in [3.05, 3.63) is 29.8 Å². The van der Waals surface area contributed by atoms with E-state index in [4.69, 9.17) is 9.47 Å². The number of anilines is 1. The van der Waals surface area contributed by atoms with Crippen LogP contribution >= 0.6 is 0 Å². The molecule has 0 aliphatic carbocycles. The number of ether oxygens (including phenoxy) is 2. The number of carbonyl (C=O) groups excluding carboxylic acids is 3. The van der Waals surface area contributed by atoms with E-state index in [9.17, 15) is 29.7 Å². The van der Waals surface area contributed by atoms with E-state index >= 15 is 0 Å². The number of ketones is 1. The fourth-order valence-electron chi connectivity index (χ4n) is 2.46. The highest BCUT2D eigenvalue weighted by molar-refractivity contribution is 6.05. The van der Waals surface area contributed by atoms with E-state index in [-0.39, 0.29) is 23.4 Å². The molecule has 0 saturated heterocycles. The lowest BCUT2D eigenvalue weighted by molar-refractivity contribution is -0.129. The van der Waals surface area contributed by atoms with E-state index in [1.807, 2.05) is 0 Å². The van der Waals surface area contributed by atoms with Crippen molar-refractivity contribution in [2.75, 3.05) is 12.4 Å². The molecule has 9 heteroatoms. The van der Waals surface area contributed by atoms with Gasteiger partial charge in [0.2, 0.25) is 0 Å². The van der Waals surface area contributed by atoms with Crippen LogP contribution in [0.4, 0.5) is 5.69 Å². The molecule has 1 aliphatic rings. The standard InChI is InChI=1S/C18H21NO8/c1-9-4-3-5-12(20)13(21)8-15(23)17(24)19-11-6-10(26-2)7-14(22)16(11)18(25)27-9/h3,5-7,9,13,15,21-23H,4,8H2,1-2H3,(H,19,24)/b5-3+/t9-,13-,15-/m0/s1. The molecule has 1 amide bonds. The molecule has 0 radical (unpaired) electrons. The number of aliphatic hydroxyl groups is 2. The number of carbonyl (C=O) groups is 3.